The first-order valence-electron chi connectivity index (χ1n) is 27.5. The first-order valence-corrected chi connectivity index (χ1v) is 27.9. The van der Waals surface area contributed by atoms with Gasteiger partial charge in [0.15, 0.2) is 5.05 Å². The molecule has 0 radical (unpaired) electrons. The summed E-state index contributed by atoms with van der Waals surface area (Å²) in [4.78, 5) is 41.7. The van der Waals surface area contributed by atoms with Crippen molar-refractivity contribution in [1.82, 2.24) is 0 Å². The molecule has 0 aliphatic rings. The van der Waals surface area contributed by atoms with Gasteiger partial charge in [-0.25, -0.2) is 0 Å². The summed E-state index contributed by atoms with van der Waals surface area (Å²) >= 11 is 5.74. The van der Waals surface area contributed by atoms with Crippen molar-refractivity contribution in [1.29, 1.82) is 0 Å². The molecule has 0 atom stereocenters. The number of carbonyl (C=O) groups excluding carboxylic acids is 3. The van der Waals surface area contributed by atoms with Crippen LogP contribution < -0.4 is 0 Å². The van der Waals surface area contributed by atoms with Crippen molar-refractivity contribution in [3.63, 3.8) is 0 Å². The Bertz CT molecular complexity index is 2070. The van der Waals surface area contributed by atoms with E-state index >= 15 is 0 Å². The minimum Gasteiger partial charge on any atom is -0.507 e. The average Bonchev–Trinajstić information content (AvgIpc) is 3.27. The first kappa shape index (κ1) is 64.6. The van der Waals surface area contributed by atoms with Crippen LogP contribution in [0.5, 0.6) is 17.2 Å². The third-order valence-corrected chi connectivity index (χ3v) is 14.2. The zero-order valence-corrected chi connectivity index (χ0v) is 50.7. The molecule has 3 rings (SSSR count). The number of benzene rings is 3. The van der Waals surface area contributed by atoms with Crippen LogP contribution in [-0.4, -0.2) is 64.7 Å². The maximum absolute atomic E-state index is 13.9. The number of aromatic hydroxyl groups is 3. The van der Waals surface area contributed by atoms with E-state index in [0.717, 1.165) is 82.2 Å². The lowest BCUT2D eigenvalue weighted by molar-refractivity contribution is -0.164. The number of hydrogen-bond donors (Lipinski definition) is 3. The Labute approximate surface area is 458 Å². The van der Waals surface area contributed by atoms with E-state index in [1.54, 1.807) is 0 Å². The zero-order chi connectivity index (χ0) is 57.1. The van der Waals surface area contributed by atoms with Crippen molar-refractivity contribution in [2.45, 2.75) is 241 Å². The number of thiocarbonyl (C=S) groups is 1. The largest absolute Gasteiger partial charge is 0.507 e. The maximum atomic E-state index is 13.9. The van der Waals surface area contributed by atoms with E-state index in [2.05, 4.69) is 6.92 Å². The standard InChI is InChI=1S/C64H98O10S/c1-20-21-22-23-24-25-54(75)74-41-64(38-71-51(65)29-26-42-32-45(58(2,3)4)55(68)46(33-42)59(5,6)7,39-72-52(66)30-27-43-34-47(60(8,9)10)56(69)48(35-43)61(11,12)13)40-73-53(67)31-28-44-36-49(62(14,15)16)57(70)50(37-44)63(17,18)19/h32-37,68-70H,20-31,38-41H2,1-19H3. The first-order chi connectivity index (χ1) is 34.3. The molecule has 0 aliphatic carbocycles. The number of phenols is 3. The summed E-state index contributed by atoms with van der Waals surface area (Å²) in [5.74, 6) is -0.749. The summed E-state index contributed by atoms with van der Waals surface area (Å²) in [6.45, 7) is 37.9. The molecule has 75 heavy (non-hydrogen) atoms. The molecule has 0 fully saturated rings. The van der Waals surface area contributed by atoms with Crippen LogP contribution >= 0.6 is 12.2 Å². The van der Waals surface area contributed by atoms with Gasteiger partial charge >= 0.3 is 17.9 Å². The molecule has 3 aromatic carbocycles. The summed E-state index contributed by atoms with van der Waals surface area (Å²) < 4.78 is 24.6. The third-order valence-electron chi connectivity index (χ3n) is 13.9. The van der Waals surface area contributed by atoms with Gasteiger partial charge in [0.1, 0.15) is 49.1 Å². The summed E-state index contributed by atoms with van der Waals surface area (Å²) in [6, 6.07) is 11.7. The lowest BCUT2D eigenvalue weighted by Crippen LogP contribution is -2.44. The molecule has 420 valence electrons. The zero-order valence-electron chi connectivity index (χ0n) is 49.9. The van der Waals surface area contributed by atoms with Crippen molar-refractivity contribution in [2.75, 3.05) is 26.4 Å². The lowest BCUT2D eigenvalue weighted by Gasteiger charge is -2.32. The summed E-state index contributed by atoms with van der Waals surface area (Å²) in [6.07, 6.45) is 6.79. The van der Waals surface area contributed by atoms with E-state index in [0.29, 0.717) is 30.7 Å². The molecule has 0 spiro atoms. The molecule has 3 N–H and O–H groups in total. The van der Waals surface area contributed by atoms with E-state index in [4.69, 9.17) is 31.2 Å². The highest BCUT2D eigenvalue weighted by molar-refractivity contribution is 7.80. The number of hydrogen-bond acceptors (Lipinski definition) is 11. The van der Waals surface area contributed by atoms with Gasteiger partial charge in [-0.1, -0.05) is 194 Å². The molecule has 3 aromatic rings. The van der Waals surface area contributed by atoms with Crippen LogP contribution in [-0.2, 0) is 85.1 Å². The van der Waals surface area contributed by atoms with Crippen LogP contribution in [0.25, 0.3) is 0 Å². The quantitative estimate of drug-likeness (QED) is 0.0361. The molecule has 0 saturated heterocycles. The third kappa shape index (κ3) is 20.0. The SMILES string of the molecule is CCCCCCCC(=S)OCC(COC(=O)CCc1cc(C(C)(C)C)c(O)c(C(C)(C)C)c1)(COC(=O)CCc1cc(C(C)(C)C)c(O)c(C(C)(C)C)c1)COC(=O)CCc1cc(C(C)(C)C)c(O)c(C(C)(C)C)c1. The predicted molar refractivity (Wildman–Crippen MR) is 309 cm³/mol. The minimum atomic E-state index is -1.35. The van der Waals surface area contributed by atoms with Crippen molar-refractivity contribution < 1.29 is 48.7 Å². The fourth-order valence-electron chi connectivity index (χ4n) is 9.03. The molecular weight excluding hydrogens is 961 g/mol. The second kappa shape index (κ2) is 26.1. The van der Waals surface area contributed by atoms with Crippen LogP contribution in [0.3, 0.4) is 0 Å². The second-order valence-corrected chi connectivity index (χ2v) is 27.9. The van der Waals surface area contributed by atoms with Gasteiger partial charge in [-0.2, -0.15) is 0 Å². The summed E-state index contributed by atoms with van der Waals surface area (Å²) in [5.41, 5.74) is 3.97. The molecule has 0 saturated carbocycles. The number of phenolic OH excluding ortho intramolecular Hbond substituents is 3. The Morgan fingerprint density at radius 2 is 0.627 bits per heavy atom. The molecule has 0 bridgehead atoms. The van der Waals surface area contributed by atoms with Gasteiger partial charge in [0, 0.05) is 25.7 Å². The number of aryl methyl sites for hydroxylation is 3. The molecule has 11 heteroatoms. The van der Waals surface area contributed by atoms with Crippen molar-refractivity contribution in [3.8, 4) is 17.2 Å². The molecule has 0 heterocycles. The molecule has 0 aliphatic heterocycles. The number of esters is 3. The van der Waals surface area contributed by atoms with Gasteiger partial charge < -0.3 is 34.3 Å². The molecule has 10 nitrogen and oxygen atoms in total. The van der Waals surface area contributed by atoms with Gasteiger partial charge in [-0.15, -0.1) is 0 Å². The summed E-state index contributed by atoms with van der Waals surface area (Å²) in [5, 5.41) is 34.4. The van der Waals surface area contributed by atoms with Gasteiger partial charge in [0.25, 0.3) is 0 Å². The molecule has 0 aromatic heterocycles. The normalized spacial score (nSPS) is 12.9. The fraction of sp³-hybridized carbons (Fsp3) is 0.656. The smallest absolute Gasteiger partial charge is 0.306 e. The molecule has 0 unspecified atom stereocenters. The number of ether oxygens (including phenoxy) is 4. The Kier molecular flexibility index (Phi) is 22.5. The van der Waals surface area contributed by atoms with Crippen LogP contribution in [0.1, 0.15) is 239 Å². The lowest BCUT2D eigenvalue weighted by atomic mass is 9.78. The average molecular weight is 1060 g/mol. The number of carbonyl (C=O) groups is 3. The topological polar surface area (TPSA) is 149 Å². The van der Waals surface area contributed by atoms with E-state index < -0.39 is 23.3 Å². The second-order valence-electron chi connectivity index (χ2n) is 27.4. The van der Waals surface area contributed by atoms with Gasteiger partial charge in [-0.05, 0) is 120 Å². The maximum Gasteiger partial charge on any atom is 0.306 e. The van der Waals surface area contributed by atoms with Gasteiger partial charge in [0.05, 0.1) is 0 Å². The Morgan fingerprint density at radius 1 is 0.387 bits per heavy atom. The van der Waals surface area contributed by atoms with E-state index in [1.807, 2.05) is 161 Å². The Hall–Kier alpha value is -4.64. The fourth-order valence-corrected chi connectivity index (χ4v) is 9.23. The highest BCUT2D eigenvalue weighted by atomic mass is 32.1. The van der Waals surface area contributed by atoms with Crippen molar-refractivity contribution in [3.05, 3.63) is 86.5 Å². The van der Waals surface area contributed by atoms with Crippen molar-refractivity contribution >= 4 is 35.2 Å². The Balaban J connectivity index is 2.02. The van der Waals surface area contributed by atoms with Crippen molar-refractivity contribution in [2.24, 2.45) is 5.41 Å². The van der Waals surface area contributed by atoms with E-state index in [1.165, 1.54) is 0 Å². The molecule has 0 amide bonds. The minimum absolute atomic E-state index is 0.0180. The van der Waals surface area contributed by atoms with E-state index in [9.17, 15) is 29.7 Å². The number of rotatable bonds is 23. The van der Waals surface area contributed by atoms with Crippen LogP contribution in [0, 0.1) is 5.41 Å². The number of unbranched alkanes of at least 4 members (excludes halogenated alkanes) is 4. The Morgan fingerprint density at radius 3 is 0.867 bits per heavy atom. The summed E-state index contributed by atoms with van der Waals surface area (Å²) in [7, 11) is 0. The van der Waals surface area contributed by atoms with Gasteiger partial charge in [0.2, 0.25) is 0 Å². The monoisotopic (exact) mass is 1060 g/mol. The highest BCUT2D eigenvalue weighted by Gasteiger charge is 2.38. The molecular formula is C64H98O10S. The highest BCUT2D eigenvalue weighted by Crippen LogP contribution is 2.43. The van der Waals surface area contributed by atoms with Crippen LogP contribution in [0.4, 0.5) is 0 Å². The van der Waals surface area contributed by atoms with E-state index in [-0.39, 0.29) is 95.4 Å². The van der Waals surface area contributed by atoms with Crippen LogP contribution in [0.15, 0.2) is 36.4 Å². The van der Waals surface area contributed by atoms with Crippen LogP contribution in [0.2, 0.25) is 0 Å². The predicted octanol–water partition coefficient (Wildman–Crippen LogP) is 15.1. The van der Waals surface area contributed by atoms with Gasteiger partial charge in [-0.3, -0.25) is 14.4 Å².